The molecule has 1 aromatic heterocycles. The number of nitrogens with one attached hydrogen (secondary N) is 2. The molecule has 0 bridgehead atoms. The van der Waals surface area contributed by atoms with Gasteiger partial charge in [-0.3, -0.25) is 0 Å². The van der Waals surface area contributed by atoms with Crippen molar-refractivity contribution in [3.8, 4) is 5.75 Å². The molecule has 2 aromatic rings. The molecule has 0 spiro atoms. The normalized spacial score (nSPS) is 18.1. The van der Waals surface area contributed by atoms with Crippen LogP contribution in [-0.2, 0) is 19.5 Å². The summed E-state index contributed by atoms with van der Waals surface area (Å²) in [5.74, 6) is 2.84. The molecular weight excluding hydrogens is 519 g/mol. The highest BCUT2D eigenvalue weighted by Gasteiger charge is 2.26. The van der Waals surface area contributed by atoms with E-state index in [2.05, 4.69) is 40.0 Å². The summed E-state index contributed by atoms with van der Waals surface area (Å²) in [4.78, 5) is 6.74. The number of rotatable bonds is 7. The summed E-state index contributed by atoms with van der Waals surface area (Å²) in [5.41, 5.74) is 0.683. The van der Waals surface area contributed by atoms with Crippen molar-refractivity contribution in [2.24, 2.45) is 4.99 Å². The number of aromatic nitrogens is 3. The van der Waals surface area contributed by atoms with Crippen molar-refractivity contribution >= 4 is 35.6 Å². The number of guanidine groups is 1. The van der Waals surface area contributed by atoms with Gasteiger partial charge >= 0.3 is 6.61 Å². The minimum atomic E-state index is -2.84. The zero-order valence-corrected chi connectivity index (χ0v) is 19.8. The number of aliphatic imine (C=N–C) groups is 1. The summed E-state index contributed by atoms with van der Waals surface area (Å²) in [5, 5.41) is 15.2. The number of hydrogen-bond acceptors (Lipinski definition) is 5. The molecule has 0 amide bonds. The third kappa shape index (κ3) is 5.74. The van der Waals surface area contributed by atoms with Crippen LogP contribution in [0.1, 0.15) is 31.4 Å². The molecule has 1 saturated heterocycles. The lowest BCUT2D eigenvalue weighted by Crippen LogP contribution is -2.44. The van der Waals surface area contributed by atoms with Gasteiger partial charge in [0, 0.05) is 38.6 Å². The van der Waals surface area contributed by atoms with Gasteiger partial charge in [0.25, 0.3) is 0 Å². The van der Waals surface area contributed by atoms with Crippen molar-refractivity contribution in [3.05, 3.63) is 35.9 Å². The summed E-state index contributed by atoms with van der Waals surface area (Å²) < 4.78 is 32.3. The Morgan fingerprint density at radius 2 is 2.13 bits per heavy atom. The number of benzene rings is 1. The Kier molecular flexibility index (Phi) is 8.27. The molecule has 1 aromatic carbocycles. The maximum atomic E-state index is 12.7. The topological polar surface area (TPSA) is 79.6 Å². The monoisotopic (exact) mass is 547 g/mol. The van der Waals surface area contributed by atoms with Crippen LogP contribution < -0.4 is 20.3 Å². The number of aryl methyl sites for hydroxylation is 1. The van der Waals surface area contributed by atoms with Crippen LogP contribution in [-0.4, -0.2) is 53.0 Å². The second-order valence-electron chi connectivity index (χ2n) is 7.40. The predicted octanol–water partition coefficient (Wildman–Crippen LogP) is 2.78. The number of ether oxygens (including phenoxy) is 1. The van der Waals surface area contributed by atoms with Crippen molar-refractivity contribution in [3.63, 3.8) is 0 Å². The first-order chi connectivity index (χ1) is 14.6. The second kappa shape index (κ2) is 10.9. The van der Waals surface area contributed by atoms with E-state index in [1.807, 2.05) is 19.1 Å². The first-order valence-electron chi connectivity index (χ1n) is 10.4. The van der Waals surface area contributed by atoms with Gasteiger partial charge < -0.3 is 24.8 Å². The fourth-order valence-corrected chi connectivity index (χ4v) is 4.00. The zero-order chi connectivity index (χ0) is 20.9. The molecule has 8 nitrogen and oxygen atoms in total. The molecule has 0 radical (unpaired) electrons. The molecule has 31 heavy (non-hydrogen) atoms. The molecule has 3 heterocycles. The van der Waals surface area contributed by atoms with Gasteiger partial charge in [0.05, 0.1) is 5.69 Å². The Hall–Kier alpha value is -2.18. The first-order valence-corrected chi connectivity index (χ1v) is 10.4. The predicted molar refractivity (Wildman–Crippen MR) is 125 cm³/mol. The lowest BCUT2D eigenvalue weighted by atomic mass is 10.2. The van der Waals surface area contributed by atoms with Crippen molar-refractivity contribution in [1.82, 2.24) is 25.4 Å². The Labute approximate surface area is 197 Å². The van der Waals surface area contributed by atoms with Crippen LogP contribution in [0.2, 0.25) is 0 Å². The number of alkyl halides is 2. The van der Waals surface area contributed by atoms with E-state index in [-0.39, 0.29) is 35.8 Å². The molecule has 1 unspecified atom stereocenters. The molecule has 11 heteroatoms. The molecule has 1 atom stereocenters. The molecule has 170 valence electrons. The van der Waals surface area contributed by atoms with E-state index >= 15 is 0 Å². The summed E-state index contributed by atoms with van der Waals surface area (Å²) in [6, 6.07) is 7.06. The van der Waals surface area contributed by atoms with E-state index in [1.54, 1.807) is 12.1 Å². The number of anilines is 1. The Bertz CT molecular complexity index is 892. The van der Waals surface area contributed by atoms with Gasteiger partial charge in [-0.2, -0.15) is 8.78 Å². The lowest BCUT2D eigenvalue weighted by Gasteiger charge is -2.22. The minimum absolute atomic E-state index is 0. The SMILES string of the molecule is CCNC(=NCc1nnc2n1CCC2)NC1CCN(c2ccccc2OC(F)F)C1.I. The second-order valence-corrected chi connectivity index (χ2v) is 7.40. The molecule has 2 N–H and O–H groups in total. The van der Waals surface area contributed by atoms with Crippen molar-refractivity contribution < 1.29 is 13.5 Å². The molecule has 0 saturated carbocycles. The molecule has 4 rings (SSSR count). The number of nitrogens with zero attached hydrogens (tertiary/aromatic N) is 5. The summed E-state index contributed by atoms with van der Waals surface area (Å²) >= 11 is 0. The van der Waals surface area contributed by atoms with Crippen LogP contribution in [0, 0.1) is 0 Å². The number of halogens is 3. The number of para-hydroxylation sites is 2. The quantitative estimate of drug-likeness (QED) is 0.316. The summed E-state index contributed by atoms with van der Waals surface area (Å²) in [6.07, 6.45) is 2.95. The van der Waals surface area contributed by atoms with E-state index in [1.165, 1.54) is 0 Å². The average molecular weight is 547 g/mol. The van der Waals surface area contributed by atoms with Crippen LogP contribution in [0.25, 0.3) is 0 Å². The van der Waals surface area contributed by atoms with E-state index in [0.717, 1.165) is 56.5 Å². The zero-order valence-electron chi connectivity index (χ0n) is 17.4. The van der Waals surface area contributed by atoms with Crippen LogP contribution >= 0.6 is 24.0 Å². The Balaban J connectivity index is 0.00000272. The number of hydrogen-bond donors (Lipinski definition) is 2. The van der Waals surface area contributed by atoms with Gasteiger partial charge in [-0.25, -0.2) is 4.99 Å². The van der Waals surface area contributed by atoms with E-state index < -0.39 is 6.61 Å². The lowest BCUT2D eigenvalue weighted by molar-refractivity contribution is -0.0495. The van der Waals surface area contributed by atoms with Crippen molar-refractivity contribution in [1.29, 1.82) is 0 Å². The molecule has 2 aliphatic rings. The molecular formula is C20H28F2IN7O. The fraction of sp³-hybridized carbons (Fsp3) is 0.550. The highest BCUT2D eigenvalue weighted by molar-refractivity contribution is 14.0. The molecule has 1 fully saturated rings. The van der Waals surface area contributed by atoms with Crippen molar-refractivity contribution in [2.45, 2.75) is 51.9 Å². The van der Waals surface area contributed by atoms with Gasteiger partial charge in [-0.1, -0.05) is 12.1 Å². The third-order valence-electron chi connectivity index (χ3n) is 5.36. The van der Waals surface area contributed by atoms with E-state index in [9.17, 15) is 8.78 Å². The molecule has 0 aliphatic carbocycles. The van der Waals surface area contributed by atoms with E-state index in [0.29, 0.717) is 18.8 Å². The smallest absolute Gasteiger partial charge is 0.387 e. The van der Waals surface area contributed by atoms with Gasteiger partial charge in [-0.15, -0.1) is 34.2 Å². The standard InChI is InChI=1S/C20H27F2N7O.HI/c1-2-23-20(24-12-18-27-26-17-8-5-10-29(17)18)25-14-9-11-28(13-14)15-6-3-4-7-16(15)30-19(21)22;/h3-4,6-7,14,19H,2,5,8-13H2,1H3,(H2,23,24,25);1H. The van der Waals surface area contributed by atoms with Gasteiger partial charge in [0.2, 0.25) is 0 Å². The van der Waals surface area contributed by atoms with Crippen molar-refractivity contribution in [2.75, 3.05) is 24.5 Å². The highest BCUT2D eigenvalue weighted by Crippen LogP contribution is 2.31. The van der Waals surface area contributed by atoms with Gasteiger partial charge in [0.1, 0.15) is 18.1 Å². The largest absolute Gasteiger partial charge is 0.433 e. The third-order valence-corrected chi connectivity index (χ3v) is 5.36. The minimum Gasteiger partial charge on any atom is -0.433 e. The van der Waals surface area contributed by atoms with Gasteiger partial charge in [0.15, 0.2) is 11.8 Å². The van der Waals surface area contributed by atoms with E-state index in [4.69, 9.17) is 0 Å². The maximum Gasteiger partial charge on any atom is 0.387 e. The summed E-state index contributed by atoms with van der Waals surface area (Å²) in [6.45, 7) is 2.76. The fourth-order valence-electron chi connectivity index (χ4n) is 4.00. The Morgan fingerprint density at radius 1 is 1.29 bits per heavy atom. The molecule has 2 aliphatic heterocycles. The number of fused-ring (bicyclic) bond motifs is 1. The Morgan fingerprint density at radius 3 is 2.94 bits per heavy atom. The van der Waals surface area contributed by atoms with Gasteiger partial charge in [-0.05, 0) is 31.9 Å². The highest BCUT2D eigenvalue weighted by atomic mass is 127. The van der Waals surface area contributed by atoms with Crippen LogP contribution in [0.5, 0.6) is 5.75 Å². The maximum absolute atomic E-state index is 12.7. The first kappa shape index (κ1) is 23.5. The van der Waals surface area contributed by atoms with Crippen LogP contribution in [0.4, 0.5) is 14.5 Å². The van der Waals surface area contributed by atoms with Crippen LogP contribution in [0.3, 0.4) is 0 Å². The van der Waals surface area contributed by atoms with Crippen LogP contribution in [0.15, 0.2) is 29.3 Å². The summed E-state index contributed by atoms with van der Waals surface area (Å²) in [7, 11) is 0. The average Bonchev–Trinajstić information content (AvgIpc) is 3.44.